The average molecular weight is 368 g/mol. The third kappa shape index (κ3) is 4.73. The summed E-state index contributed by atoms with van der Waals surface area (Å²) in [5, 5.41) is 19.0. The van der Waals surface area contributed by atoms with Crippen LogP contribution in [0, 0.1) is 17.8 Å². The van der Waals surface area contributed by atoms with E-state index in [4.69, 9.17) is 9.84 Å². The molecule has 1 aromatic carbocycles. The second kappa shape index (κ2) is 9.10. The summed E-state index contributed by atoms with van der Waals surface area (Å²) in [5.74, 6) is 6.76. The molecule has 1 aliphatic heterocycles. The molecular weight excluding hydrogens is 340 g/mol. The van der Waals surface area contributed by atoms with Gasteiger partial charge in [-0.2, -0.15) is 0 Å². The summed E-state index contributed by atoms with van der Waals surface area (Å²) in [6, 6.07) is 6.24. The largest absolute Gasteiger partial charge is 0.489 e. The van der Waals surface area contributed by atoms with Crippen LogP contribution in [0.1, 0.15) is 62.5 Å². The maximum absolute atomic E-state index is 10.8. The summed E-state index contributed by atoms with van der Waals surface area (Å²) in [6.07, 6.45) is 8.81. The van der Waals surface area contributed by atoms with Crippen molar-refractivity contribution < 1.29 is 19.7 Å². The molecule has 4 atom stereocenters. The third-order valence-electron chi connectivity index (χ3n) is 5.56. The highest BCUT2D eigenvalue weighted by Gasteiger charge is 2.44. The lowest BCUT2D eigenvalue weighted by Crippen LogP contribution is -2.15. The standard InChI is InChI=1S/C23H28O4/c1-2-3-4-9-18(24)14-12-16-13-15-20-22(16)19-10-5-7-17(23(19)27-20)8-6-11-21(25)26/h5,7,10,12,14,16,18,20,22,24H,4,6,8-9,11,13,15H2,1H3,(H,25,26)/b14-12+. The zero-order valence-electron chi connectivity index (χ0n) is 15.9. The Bertz CT molecular complexity index is 755. The Balaban J connectivity index is 1.67. The van der Waals surface area contributed by atoms with E-state index in [1.807, 2.05) is 19.1 Å². The number of rotatable bonds is 8. The van der Waals surface area contributed by atoms with Crippen LogP contribution in [-0.2, 0) is 11.2 Å². The SMILES string of the molecule is CC#CCCC(O)/C=C/C1CCC2Oc3c(CCCC(=O)O)cccc3C12. The van der Waals surface area contributed by atoms with Crippen molar-refractivity contribution in [2.75, 3.05) is 0 Å². The number of aliphatic hydroxyl groups excluding tert-OH is 1. The van der Waals surface area contributed by atoms with Crippen molar-refractivity contribution in [3.63, 3.8) is 0 Å². The lowest BCUT2D eigenvalue weighted by atomic mass is 9.87. The van der Waals surface area contributed by atoms with E-state index >= 15 is 0 Å². The number of ether oxygens (including phenoxy) is 1. The number of aliphatic carboxylic acids is 1. The van der Waals surface area contributed by atoms with Crippen LogP contribution < -0.4 is 4.74 Å². The fourth-order valence-electron chi connectivity index (χ4n) is 4.27. The van der Waals surface area contributed by atoms with E-state index in [1.165, 1.54) is 5.56 Å². The zero-order valence-corrected chi connectivity index (χ0v) is 15.9. The van der Waals surface area contributed by atoms with Gasteiger partial charge >= 0.3 is 5.97 Å². The van der Waals surface area contributed by atoms with Gasteiger partial charge in [0.05, 0.1) is 6.10 Å². The van der Waals surface area contributed by atoms with Crippen LogP contribution in [0.3, 0.4) is 0 Å². The van der Waals surface area contributed by atoms with Crippen LogP contribution in [0.25, 0.3) is 0 Å². The molecule has 1 aromatic rings. The normalized spacial score (nSPS) is 24.0. The Morgan fingerprint density at radius 2 is 2.26 bits per heavy atom. The Hall–Kier alpha value is -2.25. The minimum atomic E-state index is -0.756. The molecule has 3 rings (SSSR count). The summed E-state index contributed by atoms with van der Waals surface area (Å²) in [7, 11) is 0. The van der Waals surface area contributed by atoms with E-state index < -0.39 is 12.1 Å². The number of carboxylic acid groups (broad SMARTS) is 1. The molecule has 144 valence electrons. The van der Waals surface area contributed by atoms with Crippen molar-refractivity contribution in [1.82, 2.24) is 0 Å². The average Bonchev–Trinajstić information content (AvgIpc) is 3.20. The molecule has 0 saturated heterocycles. The first kappa shape index (κ1) is 19.5. The molecule has 4 heteroatoms. The predicted molar refractivity (Wildman–Crippen MR) is 105 cm³/mol. The van der Waals surface area contributed by atoms with Gasteiger partial charge in [0, 0.05) is 24.3 Å². The molecular formula is C23H28O4. The Kier molecular flexibility index (Phi) is 6.58. The van der Waals surface area contributed by atoms with E-state index in [0.717, 1.165) is 30.6 Å². The van der Waals surface area contributed by atoms with Gasteiger partial charge in [-0.05, 0) is 50.5 Å². The Morgan fingerprint density at radius 1 is 1.41 bits per heavy atom. The molecule has 1 aliphatic carbocycles. The van der Waals surface area contributed by atoms with Gasteiger partial charge in [-0.1, -0.05) is 30.4 Å². The van der Waals surface area contributed by atoms with Gasteiger partial charge < -0.3 is 14.9 Å². The highest BCUT2D eigenvalue weighted by atomic mass is 16.5. The Labute approximate surface area is 161 Å². The number of allylic oxidation sites excluding steroid dienone is 1. The molecule has 0 spiro atoms. The summed E-state index contributed by atoms with van der Waals surface area (Å²) < 4.78 is 6.27. The monoisotopic (exact) mass is 368 g/mol. The lowest BCUT2D eigenvalue weighted by molar-refractivity contribution is -0.137. The predicted octanol–water partition coefficient (Wildman–Crippen LogP) is 4.07. The maximum atomic E-state index is 10.8. The molecule has 0 aromatic heterocycles. The number of carbonyl (C=O) groups is 1. The number of fused-ring (bicyclic) bond motifs is 3. The summed E-state index contributed by atoms with van der Waals surface area (Å²) in [4.78, 5) is 10.8. The van der Waals surface area contributed by atoms with E-state index in [9.17, 15) is 9.90 Å². The molecule has 0 amide bonds. The van der Waals surface area contributed by atoms with Crippen molar-refractivity contribution in [2.45, 2.75) is 70.0 Å². The second-order valence-corrected chi connectivity index (χ2v) is 7.42. The molecule has 4 unspecified atom stereocenters. The van der Waals surface area contributed by atoms with Gasteiger partial charge in [-0.15, -0.1) is 11.8 Å². The first-order valence-corrected chi connectivity index (χ1v) is 9.86. The summed E-state index contributed by atoms with van der Waals surface area (Å²) in [5.41, 5.74) is 2.36. The summed E-state index contributed by atoms with van der Waals surface area (Å²) >= 11 is 0. The number of hydrogen-bond acceptors (Lipinski definition) is 3. The second-order valence-electron chi connectivity index (χ2n) is 7.42. The molecule has 2 aliphatic rings. The number of aryl methyl sites for hydroxylation is 1. The fraction of sp³-hybridized carbons (Fsp3) is 0.522. The highest BCUT2D eigenvalue weighted by molar-refractivity contribution is 5.66. The van der Waals surface area contributed by atoms with Gasteiger partial charge in [-0.3, -0.25) is 4.79 Å². The molecule has 1 heterocycles. The van der Waals surface area contributed by atoms with Gasteiger partial charge in [0.25, 0.3) is 0 Å². The molecule has 0 radical (unpaired) electrons. The van der Waals surface area contributed by atoms with Crippen molar-refractivity contribution in [3.8, 4) is 17.6 Å². The molecule has 0 bridgehead atoms. The van der Waals surface area contributed by atoms with Crippen LogP contribution in [0.5, 0.6) is 5.75 Å². The minimum absolute atomic E-state index is 0.183. The van der Waals surface area contributed by atoms with Crippen LogP contribution >= 0.6 is 0 Å². The number of para-hydroxylation sites is 1. The highest BCUT2D eigenvalue weighted by Crippen LogP contribution is 2.51. The van der Waals surface area contributed by atoms with E-state index in [-0.39, 0.29) is 12.5 Å². The van der Waals surface area contributed by atoms with Gasteiger partial charge in [-0.25, -0.2) is 0 Å². The summed E-state index contributed by atoms with van der Waals surface area (Å²) in [6.45, 7) is 1.81. The van der Waals surface area contributed by atoms with Gasteiger partial charge in [0.15, 0.2) is 0 Å². The number of benzene rings is 1. The van der Waals surface area contributed by atoms with Crippen molar-refractivity contribution in [3.05, 3.63) is 41.5 Å². The van der Waals surface area contributed by atoms with E-state index in [2.05, 4.69) is 30.0 Å². The van der Waals surface area contributed by atoms with Crippen molar-refractivity contribution >= 4 is 5.97 Å². The molecule has 1 saturated carbocycles. The first-order valence-electron chi connectivity index (χ1n) is 9.86. The van der Waals surface area contributed by atoms with Crippen LogP contribution in [0.2, 0.25) is 0 Å². The number of aliphatic hydroxyl groups is 1. The van der Waals surface area contributed by atoms with Crippen LogP contribution in [0.15, 0.2) is 30.4 Å². The molecule has 2 N–H and O–H groups in total. The smallest absolute Gasteiger partial charge is 0.303 e. The lowest BCUT2D eigenvalue weighted by Gasteiger charge is -2.15. The zero-order chi connectivity index (χ0) is 19.2. The molecule has 4 nitrogen and oxygen atoms in total. The molecule has 27 heavy (non-hydrogen) atoms. The van der Waals surface area contributed by atoms with E-state index in [0.29, 0.717) is 31.1 Å². The Morgan fingerprint density at radius 3 is 3.04 bits per heavy atom. The maximum Gasteiger partial charge on any atom is 0.303 e. The van der Waals surface area contributed by atoms with Crippen LogP contribution in [0.4, 0.5) is 0 Å². The van der Waals surface area contributed by atoms with Crippen LogP contribution in [-0.4, -0.2) is 28.4 Å². The van der Waals surface area contributed by atoms with Gasteiger partial charge in [0.1, 0.15) is 11.9 Å². The minimum Gasteiger partial charge on any atom is -0.489 e. The number of carboxylic acids is 1. The van der Waals surface area contributed by atoms with Crippen molar-refractivity contribution in [1.29, 1.82) is 0 Å². The molecule has 1 fully saturated rings. The number of hydrogen-bond donors (Lipinski definition) is 2. The van der Waals surface area contributed by atoms with E-state index in [1.54, 1.807) is 0 Å². The third-order valence-corrected chi connectivity index (χ3v) is 5.56. The van der Waals surface area contributed by atoms with Gasteiger partial charge in [0.2, 0.25) is 0 Å². The van der Waals surface area contributed by atoms with Crippen molar-refractivity contribution in [2.24, 2.45) is 5.92 Å². The first-order chi connectivity index (χ1) is 13.1. The topological polar surface area (TPSA) is 66.8 Å². The fourth-order valence-corrected chi connectivity index (χ4v) is 4.27. The quantitative estimate of drug-likeness (QED) is 0.536.